The average Bonchev–Trinajstić information content (AvgIpc) is 2.44. The van der Waals surface area contributed by atoms with E-state index in [1.165, 1.54) is 62.9 Å². The summed E-state index contributed by atoms with van der Waals surface area (Å²) in [5, 5.41) is 3.46. The minimum absolute atomic E-state index is 1.07. The van der Waals surface area contributed by atoms with Gasteiger partial charge in [-0.1, -0.05) is 49.6 Å². The van der Waals surface area contributed by atoms with Gasteiger partial charge in [-0.2, -0.15) is 0 Å². The van der Waals surface area contributed by atoms with Crippen molar-refractivity contribution in [3.63, 3.8) is 0 Å². The number of unbranched alkanes of at least 4 members (excludes halogenated alkanes) is 3. The molecule has 1 aromatic carbocycles. The van der Waals surface area contributed by atoms with Gasteiger partial charge in [0.05, 0.1) is 0 Å². The van der Waals surface area contributed by atoms with Crippen LogP contribution in [0.4, 0.5) is 0 Å². The Bertz CT molecular complexity index is 332. The molecule has 0 aliphatic rings. The maximum Gasteiger partial charge on any atom is 0.0230 e. The minimum Gasteiger partial charge on any atom is -0.317 e. The quantitative estimate of drug-likeness (QED) is 0.615. The molecule has 0 atom stereocenters. The molecule has 0 heterocycles. The molecule has 0 aromatic heterocycles. The smallest absolute Gasteiger partial charge is 0.0230 e. The molecule has 1 aromatic rings. The van der Waals surface area contributed by atoms with Crippen molar-refractivity contribution >= 4 is 0 Å². The van der Waals surface area contributed by atoms with E-state index in [1.807, 2.05) is 0 Å². The van der Waals surface area contributed by atoms with Gasteiger partial charge >= 0.3 is 0 Å². The molecule has 0 radical (unpaired) electrons. The highest BCUT2D eigenvalue weighted by molar-refractivity contribution is 5.21. The van der Waals surface area contributed by atoms with E-state index < -0.39 is 0 Å². The standard InChI is InChI=1S/C18H32N2/c1-4-13-19-14-7-5-6-8-15-20(3)16-18-11-9-17(2)10-12-18/h9-12,19H,4-8,13-16H2,1-3H3. The first kappa shape index (κ1) is 17.2. The van der Waals surface area contributed by atoms with Crippen LogP contribution in [0.25, 0.3) is 0 Å². The molecule has 1 rings (SSSR count). The van der Waals surface area contributed by atoms with Crippen molar-refractivity contribution in [2.45, 2.75) is 52.5 Å². The molecule has 0 bridgehead atoms. The number of nitrogens with one attached hydrogen (secondary N) is 1. The normalized spacial score (nSPS) is 11.2. The number of nitrogens with zero attached hydrogens (tertiary/aromatic N) is 1. The summed E-state index contributed by atoms with van der Waals surface area (Å²) < 4.78 is 0. The summed E-state index contributed by atoms with van der Waals surface area (Å²) in [7, 11) is 2.22. The van der Waals surface area contributed by atoms with Crippen LogP contribution in [-0.4, -0.2) is 31.6 Å². The first-order valence-corrected chi connectivity index (χ1v) is 8.17. The maximum atomic E-state index is 3.46. The largest absolute Gasteiger partial charge is 0.317 e. The highest BCUT2D eigenvalue weighted by atomic mass is 15.1. The second kappa shape index (κ2) is 10.9. The van der Waals surface area contributed by atoms with E-state index in [-0.39, 0.29) is 0 Å². The van der Waals surface area contributed by atoms with Gasteiger partial charge in [0.25, 0.3) is 0 Å². The summed E-state index contributed by atoms with van der Waals surface area (Å²) in [5.41, 5.74) is 2.76. The molecule has 0 fully saturated rings. The lowest BCUT2D eigenvalue weighted by atomic mass is 10.1. The van der Waals surface area contributed by atoms with Gasteiger partial charge in [-0.3, -0.25) is 0 Å². The van der Waals surface area contributed by atoms with Gasteiger partial charge in [-0.25, -0.2) is 0 Å². The Morgan fingerprint density at radius 1 is 0.950 bits per heavy atom. The third kappa shape index (κ3) is 8.34. The Kier molecular flexibility index (Phi) is 9.35. The SMILES string of the molecule is CCCNCCCCCCN(C)Cc1ccc(C)cc1. The molecule has 20 heavy (non-hydrogen) atoms. The number of hydrogen-bond donors (Lipinski definition) is 1. The summed E-state index contributed by atoms with van der Waals surface area (Å²) in [6.07, 6.45) is 6.59. The first-order valence-electron chi connectivity index (χ1n) is 8.17. The molecule has 0 saturated carbocycles. The van der Waals surface area contributed by atoms with E-state index in [1.54, 1.807) is 0 Å². The van der Waals surface area contributed by atoms with Gasteiger partial charge < -0.3 is 10.2 Å². The fraction of sp³-hybridized carbons (Fsp3) is 0.667. The van der Waals surface area contributed by atoms with E-state index in [4.69, 9.17) is 0 Å². The number of aryl methyl sites for hydroxylation is 1. The van der Waals surface area contributed by atoms with Crippen LogP contribution >= 0.6 is 0 Å². The van der Waals surface area contributed by atoms with Crippen molar-refractivity contribution in [3.8, 4) is 0 Å². The molecule has 0 unspecified atom stereocenters. The van der Waals surface area contributed by atoms with E-state index in [0.29, 0.717) is 0 Å². The summed E-state index contributed by atoms with van der Waals surface area (Å²) in [4.78, 5) is 2.43. The zero-order chi connectivity index (χ0) is 14.6. The summed E-state index contributed by atoms with van der Waals surface area (Å²) in [6, 6.07) is 8.88. The molecular weight excluding hydrogens is 244 g/mol. The van der Waals surface area contributed by atoms with Gasteiger partial charge in [0, 0.05) is 6.54 Å². The van der Waals surface area contributed by atoms with Gasteiger partial charge in [0.1, 0.15) is 0 Å². The molecule has 0 spiro atoms. The van der Waals surface area contributed by atoms with Gasteiger partial charge in [0.2, 0.25) is 0 Å². The number of benzene rings is 1. The first-order chi connectivity index (χ1) is 9.72. The van der Waals surface area contributed by atoms with Gasteiger partial charge in [-0.15, -0.1) is 0 Å². The molecule has 114 valence electrons. The van der Waals surface area contributed by atoms with Crippen molar-refractivity contribution in [2.24, 2.45) is 0 Å². The maximum absolute atomic E-state index is 3.46. The van der Waals surface area contributed by atoms with E-state index in [9.17, 15) is 0 Å². The Morgan fingerprint density at radius 2 is 1.65 bits per heavy atom. The van der Waals surface area contributed by atoms with Gasteiger partial charge in [0.15, 0.2) is 0 Å². The van der Waals surface area contributed by atoms with Gasteiger partial charge in [-0.05, 0) is 58.4 Å². The fourth-order valence-electron chi connectivity index (χ4n) is 2.37. The molecule has 0 saturated heterocycles. The third-order valence-corrected chi connectivity index (χ3v) is 3.64. The zero-order valence-corrected chi connectivity index (χ0v) is 13.6. The van der Waals surface area contributed by atoms with Crippen LogP contribution < -0.4 is 5.32 Å². The Balaban J connectivity index is 2.00. The second-order valence-corrected chi connectivity index (χ2v) is 5.89. The van der Waals surface area contributed by atoms with Crippen molar-refractivity contribution in [2.75, 3.05) is 26.7 Å². The summed E-state index contributed by atoms with van der Waals surface area (Å²) >= 11 is 0. The topological polar surface area (TPSA) is 15.3 Å². The van der Waals surface area contributed by atoms with Crippen LogP contribution in [0.5, 0.6) is 0 Å². The van der Waals surface area contributed by atoms with E-state index >= 15 is 0 Å². The average molecular weight is 276 g/mol. The van der Waals surface area contributed by atoms with E-state index in [0.717, 1.165) is 6.54 Å². The predicted molar refractivity (Wildman–Crippen MR) is 89.1 cm³/mol. The monoisotopic (exact) mass is 276 g/mol. The zero-order valence-electron chi connectivity index (χ0n) is 13.6. The van der Waals surface area contributed by atoms with Crippen molar-refractivity contribution < 1.29 is 0 Å². The molecule has 0 amide bonds. The summed E-state index contributed by atoms with van der Waals surface area (Å²) in [5.74, 6) is 0. The van der Waals surface area contributed by atoms with Crippen molar-refractivity contribution in [1.29, 1.82) is 0 Å². The highest BCUT2D eigenvalue weighted by Gasteiger charge is 2.00. The van der Waals surface area contributed by atoms with Crippen LogP contribution in [0, 0.1) is 6.92 Å². The van der Waals surface area contributed by atoms with E-state index in [2.05, 4.69) is 55.4 Å². The molecule has 1 N–H and O–H groups in total. The highest BCUT2D eigenvalue weighted by Crippen LogP contribution is 2.07. The van der Waals surface area contributed by atoms with Crippen LogP contribution in [-0.2, 0) is 6.54 Å². The van der Waals surface area contributed by atoms with Crippen LogP contribution in [0.1, 0.15) is 50.2 Å². The lowest BCUT2D eigenvalue weighted by molar-refractivity contribution is 0.316. The molecule has 0 aliphatic carbocycles. The van der Waals surface area contributed by atoms with Crippen LogP contribution in [0.2, 0.25) is 0 Å². The Labute approximate surface area is 125 Å². The van der Waals surface area contributed by atoms with Crippen molar-refractivity contribution in [3.05, 3.63) is 35.4 Å². The Hall–Kier alpha value is -0.860. The lowest BCUT2D eigenvalue weighted by Crippen LogP contribution is -2.19. The fourth-order valence-corrected chi connectivity index (χ4v) is 2.37. The Morgan fingerprint density at radius 3 is 2.35 bits per heavy atom. The molecule has 2 heteroatoms. The third-order valence-electron chi connectivity index (χ3n) is 3.64. The summed E-state index contributed by atoms with van der Waals surface area (Å²) in [6.45, 7) is 8.99. The second-order valence-electron chi connectivity index (χ2n) is 5.89. The van der Waals surface area contributed by atoms with Crippen LogP contribution in [0.15, 0.2) is 24.3 Å². The van der Waals surface area contributed by atoms with Crippen molar-refractivity contribution in [1.82, 2.24) is 10.2 Å². The molecule has 0 aliphatic heterocycles. The molecular formula is C18H32N2. The minimum atomic E-state index is 1.07. The lowest BCUT2D eigenvalue weighted by Gasteiger charge is -2.16. The number of hydrogen-bond acceptors (Lipinski definition) is 2. The number of rotatable bonds is 11. The predicted octanol–water partition coefficient (Wildman–Crippen LogP) is 3.99. The van der Waals surface area contributed by atoms with Crippen LogP contribution in [0.3, 0.4) is 0 Å². The molecule has 2 nitrogen and oxygen atoms in total.